The number of carbonyl (C=O) groups is 1. The molecule has 1 aromatic heterocycles. The van der Waals surface area contributed by atoms with Crippen molar-refractivity contribution in [3.8, 4) is 11.5 Å². The highest BCUT2D eigenvalue weighted by atomic mass is 16.6. The van der Waals surface area contributed by atoms with Crippen molar-refractivity contribution in [1.82, 2.24) is 9.88 Å². The molecule has 2 heterocycles. The number of hydrogen-bond donors (Lipinski definition) is 1. The maximum atomic E-state index is 13.4. The van der Waals surface area contributed by atoms with E-state index in [4.69, 9.17) is 9.47 Å². The summed E-state index contributed by atoms with van der Waals surface area (Å²) in [5.74, 6) is 2.05. The van der Waals surface area contributed by atoms with Gasteiger partial charge in [-0.2, -0.15) is 0 Å². The number of ether oxygens (including phenoxy) is 2. The van der Waals surface area contributed by atoms with Crippen LogP contribution < -0.4 is 9.47 Å². The van der Waals surface area contributed by atoms with Crippen molar-refractivity contribution in [2.75, 3.05) is 13.7 Å². The van der Waals surface area contributed by atoms with Gasteiger partial charge in [0.15, 0.2) is 0 Å². The van der Waals surface area contributed by atoms with Crippen LogP contribution in [0, 0.1) is 6.92 Å². The summed E-state index contributed by atoms with van der Waals surface area (Å²) in [5.41, 5.74) is 7.08. The molecule has 1 atom stereocenters. The zero-order valence-corrected chi connectivity index (χ0v) is 19.5. The predicted molar refractivity (Wildman–Crippen MR) is 133 cm³/mol. The minimum Gasteiger partial charge on any atom is -0.497 e. The number of fused-ring (bicyclic) bond motifs is 3. The Morgan fingerprint density at radius 1 is 0.941 bits per heavy atom. The first-order chi connectivity index (χ1) is 16.6. The molecule has 1 aliphatic heterocycles. The fraction of sp³-hybridized carbons (Fsp3) is 0.276. The molecule has 0 saturated heterocycles. The molecule has 5 heteroatoms. The number of hydrogen-bond acceptors (Lipinski definition) is 3. The molecule has 1 saturated carbocycles. The molecule has 0 radical (unpaired) electrons. The molecule has 4 aromatic rings. The molecular weight excluding hydrogens is 424 g/mol. The number of amides is 1. The van der Waals surface area contributed by atoms with E-state index in [1.54, 1.807) is 7.11 Å². The van der Waals surface area contributed by atoms with Gasteiger partial charge >= 0.3 is 6.09 Å². The smallest absolute Gasteiger partial charge is 0.416 e. The van der Waals surface area contributed by atoms with Crippen molar-refractivity contribution in [2.45, 2.75) is 38.1 Å². The summed E-state index contributed by atoms with van der Waals surface area (Å²) >= 11 is 0. The average molecular weight is 453 g/mol. The van der Waals surface area contributed by atoms with Crippen LogP contribution in [0.15, 0.2) is 66.7 Å². The minimum atomic E-state index is -0.340. The molecule has 172 valence electrons. The van der Waals surface area contributed by atoms with Crippen LogP contribution in [0.1, 0.15) is 52.7 Å². The van der Waals surface area contributed by atoms with Crippen molar-refractivity contribution in [1.29, 1.82) is 0 Å². The molecule has 34 heavy (non-hydrogen) atoms. The zero-order chi connectivity index (χ0) is 23.2. The van der Waals surface area contributed by atoms with Crippen LogP contribution >= 0.6 is 0 Å². The van der Waals surface area contributed by atoms with E-state index in [-0.39, 0.29) is 12.1 Å². The third kappa shape index (κ3) is 3.71. The Balaban J connectivity index is 1.41. The number of aryl methyl sites for hydroxylation is 1. The van der Waals surface area contributed by atoms with Gasteiger partial charge in [-0.1, -0.05) is 35.9 Å². The van der Waals surface area contributed by atoms with Gasteiger partial charge in [0.25, 0.3) is 0 Å². The summed E-state index contributed by atoms with van der Waals surface area (Å²) in [5, 5.41) is 1.28. The van der Waals surface area contributed by atoms with Crippen LogP contribution in [-0.4, -0.2) is 29.6 Å². The number of nitrogens with zero attached hydrogens (tertiary/aromatic N) is 1. The summed E-state index contributed by atoms with van der Waals surface area (Å²) in [6.07, 6.45) is 3.02. The molecule has 1 fully saturated rings. The highest BCUT2D eigenvalue weighted by Gasteiger charge is 2.36. The lowest BCUT2D eigenvalue weighted by Crippen LogP contribution is -2.42. The first-order valence-electron chi connectivity index (χ1n) is 11.9. The van der Waals surface area contributed by atoms with Gasteiger partial charge < -0.3 is 14.5 Å². The van der Waals surface area contributed by atoms with Crippen molar-refractivity contribution >= 4 is 17.0 Å². The van der Waals surface area contributed by atoms with E-state index in [1.807, 2.05) is 60.4 Å². The number of aromatic amines is 1. The second-order valence-corrected chi connectivity index (χ2v) is 9.40. The SMILES string of the molecule is COc1ccc(C2c3[nH]c4ccc(C5CC5)cc4c3CCN2C(=O)Oc2ccc(C)cc2)cc1. The third-order valence-electron chi connectivity index (χ3n) is 7.09. The Kier molecular flexibility index (Phi) is 5.05. The molecule has 0 bridgehead atoms. The number of nitrogens with one attached hydrogen (secondary N) is 1. The normalized spacial score (nSPS) is 17.5. The largest absolute Gasteiger partial charge is 0.497 e. The number of aromatic nitrogens is 1. The maximum Gasteiger partial charge on any atom is 0.416 e. The van der Waals surface area contributed by atoms with E-state index in [0.717, 1.165) is 34.5 Å². The number of methoxy groups -OCH3 is 1. The van der Waals surface area contributed by atoms with Gasteiger partial charge in [0.1, 0.15) is 17.5 Å². The second kappa shape index (κ2) is 8.24. The van der Waals surface area contributed by atoms with Gasteiger partial charge in [0, 0.05) is 23.1 Å². The number of carbonyl (C=O) groups excluding carboxylic acids is 1. The van der Waals surface area contributed by atoms with E-state index < -0.39 is 0 Å². The van der Waals surface area contributed by atoms with Gasteiger partial charge in [-0.25, -0.2) is 4.79 Å². The number of H-pyrrole nitrogens is 1. The lowest BCUT2D eigenvalue weighted by atomic mass is 9.92. The van der Waals surface area contributed by atoms with E-state index in [0.29, 0.717) is 18.2 Å². The summed E-state index contributed by atoms with van der Waals surface area (Å²) < 4.78 is 11.2. The fourth-order valence-electron chi connectivity index (χ4n) is 5.07. The zero-order valence-electron chi connectivity index (χ0n) is 19.5. The molecule has 5 nitrogen and oxygen atoms in total. The Morgan fingerprint density at radius 2 is 1.65 bits per heavy atom. The Hall–Kier alpha value is -3.73. The Bertz CT molecular complexity index is 1350. The van der Waals surface area contributed by atoms with Gasteiger partial charge in [0.05, 0.1) is 7.11 Å². The first kappa shape index (κ1) is 20.8. The molecule has 1 N–H and O–H groups in total. The summed E-state index contributed by atoms with van der Waals surface area (Å²) in [4.78, 5) is 18.9. The van der Waals surface area contributed by atoms with Gasteiger partial charge in [0.2, 0.25) is 0 Å². The highest BCUT2D eigenvalue weighted by molar-refractivity contribution is 5.87. The highest BCUT2D eigenvalue weighted by Crippen LogP contribution is 2.44. The van der Waals surface area contributed by atoms with Gasteiger partial charge in [-0.3, -0.25) is 4.90 Å². The fourth-order valence-corrected chi connectivity index (χ4v) is 5.07. The van der Waals surface area contributed by atoms with Crippen LogP contribution in [0.5, 0.6) is 11.5 Å². The topological polar surface area (TPSA) is 54.6 Å². The molecular formula is C29H28N2O3. The van der Waals surface area contributed by atoms with Crippen molar-refractivity contribution in [3.05, 3.63) is 94.7 Å². The molecule has 1 amide bonds. The lowest BCUT2D eigenvalue weighted by molar-refractivity contribution is 0.135. The van der Waals surface area contributed by atoms with Crippen molar-refractivity contribution in [2.24, 2.45) is 0 Å². The van der Waals surface area contributed by atoms with Crippen molar-refractivity contribution in [3.63, 3.8) is 0 Å². The Labute approximate surface area is 199 Å². The van der Waals surface area contributed by atoms with Gasteiger partial charge in [-0.05, 0) is 85.2 Å². The predicted octanol–water partition coefficient (Wildman–Crippen LogP) is 6.51. The molecule has 0 spiro atoms. The minimum absolute atomic E-state index is 0.260. The lowest BCUT2D eigenvalue weighted by Gasteiger charge is -2.35. The molecule has 3 aromatic carbocycles. The average Bonchev–Trinajstić information content (AvgIpc) is 3.65. The third-order valence-corrected chi connectivity index (χ3v) is 7.09. The molecule has 6 rings (SSSR count). The van der Waals surface area contributed by atoms with Crippen molar-refractivity contribution < 1.29 is 14.3 Å². The van der Waals surface area contributed by atoms with Gasteiger partial charge in [-0.15, -0.1) is 0 Å². The summed E-state index contributed by atoms with van der Waals surface area (Å²) in [6.45, 7) is 2.61. The second-order valence-electron chi connectivity index (χ2n) is 9.40. The summed E-state index contributed by atoms with van der Waals surface area (Å²) in [7, 11) is 1.66. The van der Waals surface area contributed by atoms with Crippen LogP contribution in [0.3, 0.4) is 0 Å². The molecule has 1 aliphatic carbocycles. The van der Waals surface area contributed by atoms with E-state index in [1.165, 1.54) is 29.4 Å². The first-order valence-corrected chi connectivity index (χ1v) is 11.9. The van der Waals surface area contributed by atoms with E-state index >= 15 is 0 Å². The van der Waals surface area contributed by atoms with Crippen LogP contribution in [0.25, 0.3) is 10.9 Å². The van der Waals surface area contributed by atoms with Crippen LogP contribution in [-0.2, 0) is 6.42 Å². The van der Waals surface area contributed by atoms with Crippen LogP contribution in [0.2, 0.25) is 0 Å². The quantitative estimate of drug-likeness (QED) is 0.384. The summed E-state index contributed by atoms with van der Waals surface area (Å²) in [6, 6.07) is 22.1. The number of benzene rings is 3. The monoisotopic (exact) mass is 452 g/mol. The van der Waals surface area contributed by atoms with E-state index in [9.17, 15) is 4.79 Å². The standard InChI is InChI=1S/C29H28N2O3/c1-18-3-10-23(11-4-18)34-29(32)31-16-15-24-25-17-21(19-5-6-19)9-14-26(25)30-27(24)28(31)20-7-12-22(33-2)13-8-20/h3-4,7-14,17,19,28,30H,5-6,15-16H2,1-2H3. The Morgan fingerprint density at radius 3 is 2.35 bits per heavy atom. The van der Waals surface area contributed by atoms with E-state index in [2.05, 4.69) is 23.2 Å². The van der Waals surface area contributed by atoms with Crippen LogP contribution in [0.4, 0.5) is 4.79 Å². The number of rotatable bonds is 4. The molecule has 1 unspecified atom stereocenters. The molecule has 2 aliphatic rings. The maximum absolute atomic E-state index is 13.4.